The molecule has 0 aromatic heterocycles. The molecule has 3 nitrogen and oxygen atoms in total. The van der Waals surface area contributed by atoms with Gasteiger partial charge in [-0.25, -0.2) is 0 Å². The van der Waals surface area contributed by atoms with Gasteiger partial charge in [-0.3, -0.25) is 4.55 Å². The third-order valence-electron chi connectivity index (χ3n) is 1.62. The number of hydrogen-bond acceptors (Lipinski definition) is 2. The van der Waals surface area contributed by atoms with Crippen molar-refractivity contribution >= 4 is 10.1 Å². The smallest absolute Gasteiger partial charge is 1.00 e. The average Bonchev–Trinajstić information content (AvgIpc) is 1.95. The van der Waals surface area contributed by atoms with Crippen molar-refractivity contribution in [1.29, 1.82) is 0 Å². The SMILES string of the molecule is CCCCC(=CS(=O)(=O)O)CC.[H-].[Na+]. The molecule has 0 aliphatic heterocycles. The van der Waals surface area contributed by atoms with E-state index in [1.165, 1.54) is 0 Å². The van der Waals surface area contributed by atoms with E-state index in [9.17, 15) is 8.42 Å². The van der Waals surface area contributed by atoms with Gasteiger partial charge in [0, 0.05) is 0 Å². The average molecular weight is 216 g/mol. The van der Waals surface area contributed by atoms with E-state index in [-0.39, 0.29) is 31.0 Å². The van der Waals surface area contributed by atoms with Crippen molar-refractivity contribution in [3.05, 3.63) is 11.0 Å². The first kappa shape index (κ1) is 16.1. The van der Waals surface area contributed by atoms with Crippen molar-refractivity contribution in [2.24, 2.45) is 0 Å². The molecule has 1 N–H and O–H groups in total. The van der Waals surface area contributed by atoms with E-state index in [0.717, 1.165) is 30.2 Å². The first-order valence-electron chi connectivity index (χ1n) is 4.16. The molecule has 0 heterocycles. The van der Waals surface area contributed by atoms with Gasteiger partial charge >= 0.3 is 29.6 Å². The minimum atomic E-state index is -3.93. The standard InChI is InChI=1S/C8H16O3S.Na.H/c1-3-5-6-8(4-2)7-12(9,10)11;;/h7H,3-6H2,1-2H3,(H,9,10,11);;/q;+1;-1. The molecule has 0 unspecified atom stereocenters. The summed E-state index contributed by atoms with van der Waals surface area (Å²) < 4.78 is 29.4. The largest absolute Gasteiger partial charge is 1.00 e. The van der Waals surface area contributed by atoms with E-state index in [1.807, 2.05) is 13.8 Å². The molecule has 0 saturated carbocycles. The Morgan fingerprint density at radius 1 is 1.46 bits per heavy atom. The molecule has 0 bridgehead atoms. The van der Waals surface area contributed by atoms with Crippen molar-refractivity contribution in [3.8, 4) is 0 Å². The van der Waals surface area contributed by atoms with Crippen LogP contribution in [0.2, 0.25) is 0 Å². The molecule has 0 spiro atoms. The van der Waals surface area contributed by atoms with Crippen LogP contribution in [0.4, 0.5) is 0 Å². The van der Waals surface area contributed by atoms with Crippen molar-refractivity contribution in [3.63, 3.8) is 0 Å². The van der Waals surface area contributed by atoms with Crippen LogP contribution in [0.1, 0.15) is 41.0 Å². The summed E-state index contributed by atoms with van der Waals surface area (Å²) in [7, 11) is -3.93. The van der Waals surface area contributed by atoms with Crippen LogP contribution in [0.25, 0.3) is 0 Å². The van der Waals surface area contributed by atoms with Gasteiger partial charge in [0.15, 0.2) is 0 Å². The van der Waals surface area contributed by atoms with Crippen LogP contribution in [0.3, 0.4) is 0 Å². The van der Waals surface area contributed by atoms with Gasteiger partial charge in [-0.2, -0.15) is 8.42 Å². The zero-order chi connectivity index (χ0) is 9.61. The number of rotatable bonds is 5. The maximum atomic E-state index is 10.4. The summed E-state index contributed by atoms with van der Waals surface area (Å²) in [5.41, 5.74) is 0.791. The van der Waals surface area contributed by atoms with Crippen LogP contribution >= 0.6 is 0 Å². The van der Waals surface area contributed by atoms with Gasteiger partial charge in [0.05, 0.1) is 5.41 Å². The van der Waals surface area contributed by atoms with Crippen LogP contribution in [0, 0.1) is 0 Å². The van der Waals surface area contributed by atoms with Crippen molar-refractivity contribution < 1.29 is 44.0 Å². The maximum Gasteiger partial charge on any atom is 1.00 e. The second-order valence-electron chi connectivity index (χ2n) is 2.75. The van der Waals surface area contributed by atoms with Crippen LogP contribution in [-0.4, -0.2) is 13.0 Å². The molecule has 0 aromatic rings. The van der Waals surface area contributed by atoms with Gasteiger partial charge in [-0.1, -0.05) is 25.8 Å². The number of hydrogen-bond donors (Lipinski definition) is 1. The summed E-state index contributed by atoms with van der Waals surface area (Å²) >= 11 is 0. The molecule has 0 fully saturated rings. The topological polar surface area (TPSA) is 54.4 Å². The van der Waals surface area contributed by atoms with E-state index in [2.05, 4.69) is 0 Å². The molecular formula is C8H17NaO3S. The second kappa shape index (κ2) is 8.00. The molecular weight excluding hydrogens is 199 g/mol. The molecule has 0 rings (SSSR count). The molecule has 13 heavy (non-hydrogen) atoms. The summed E-state index contributed by atoms with van der Waals surface area (Å²) in [5, 5.41) is 0.961. The molecule has 0 aliphatic carbocycles. The molecule has 0 amide bonds. The normalized spacial score (nSPS) is 12.4. The first-order chi connectivity index (χ1) is 5.49. The molecule has 5 heteroatoms. The molecule has 0 atom stereocenters. The molecule has 0 radical (unpaired) electrons. The van der Waals surface area contributed by atoms with Gasteiger partial charge in [-0.05, 0) is 19.3 Å². The molecule has 0 aromatic carbocycles. The number of unbranched alkanes of at least 4 members (excludes halogenated alkanes) is 1. The van der Waals surface area contributed by atoms with Gasteiger partial charge in [0.2, 0.25) is 0 Å². The summed E-state index contributed by atoms with van der Waals surface area (Å²) in [5.74, 6) is 0. The zero-order valence-electron chi connectivity index (χ0n) is 9.58. The van der Waals surface area contributed by atoms with Crippen LogP contribution in [0.15, 0.2) is 11.0 Å². The molecule has 0 saturated heterocycles. The Labute approximate surface area is 104 Å². The van der Waals surface area contributed by atoms with Gasteiger partial charge in [0.1, 0.15) is 0 Å². The Bertz CT molecular complexity index is 249. The van der Waals surface area contributed by atoms with E-state index in [1.54, 1.807) is 0 Å². The fourth-order valence-electron chi connectivity index (χ4n) is 0.933. The quantitative estimate of drug-likeness (QED) is 0.497. The fourth-order valence-corrected chi connectivity index (χ4v) is 1.64. The van der Waals surface area contributed by atoms with E-state index in [4.69, 9.17) is 4.55 Å². The Hall–Kier alpha value is 0.650. The summed E-state index contributed by atoms with van der Waals surface area (Å²) in [6, 6.07) is 0. The van der Waals surface area contributed by atoms with Crippen LogP contribution in [-0.2, 0) is 10.1 Å². The second-order valence-corrected chi connectivity index (χ2v) is 4.01. The van der Waals surface area contributed by atoms with Gasteiger partial charge < -0.3 is 1.43 Å². The third-order valence-corrected chi connectivity index (χ3v) is 2.25. The predicted octanol–water partition coefficient (Wildman–Crippen LogP) is -0.525. The predicted molar refractivity (Wildman–Crippen MR) is 50.6 cm³/mol. The fraction of sp³-hybridized carbons (Fsp3) is 0.750. The minimum Gasteiger partial charge on any atom is -1.00 e. The summed E-state index contributed by atoms with van der Waals surface area (Å²) in [4.78, 5) is 0. The van der Waals surface area contributed by atoms with Crippen molar-refractivity contribution in [2.45, 2.75) is 39.5 Å². The van der Waals surface area contributed by atoms with E-state index >= 15 is 0 Å². The first-order valence-corrected chi connectivity index (χ1v) is 5.66. The Balaban J connectivity index is -0.000000605. The Kier molecular flexibility index (Phi) is 9.90. The van der Waals surface area contributed by atoms with Gasteiger partial charge in [-0.15, -0.1) is 0 Å². The monoisotopic (exact) mass is 216 g/mol. The molecule has 74 valence electrons. The summed E-state index contributed by atoms with van der Waals surface area (Å²) in [6.07, 6.45) is 3.44. The van der Waals surface area contributed by atoms with E-state index < -0.39 is 10.1 Å². The maximum absolute atomic E-state index is 10.4. The summed E-state index contributed by atoms with van der Waals surface area (Å²) in [6.45, 7) is 3.92. The van der Waals surface area contributed by atoms with Crippen LogP contribution in [0.5, 0.6) is 0 Å². The zero-order valence-corrected chi connectivity index (χ0v) is 11.4. The van der Waals surface area contributed by atoms with Crippen molar-refractivity contribution in [1.82, 2.24) is 0 Å². The minimum absolute atomic E-state index is 0. The molecule has 0 aliphatic rings. The van der Waals surface area contributed by atoms with Crippen molar-refractivity contribution in [2.75, 3.05) is 0 Å². The van der Waals surface area contributed by atoms with Crippen LogP contribution < -0.4 is 29.6 Å². The van der Waals surface area contributed by atoms with E-state index in [0.29, 0.717) is 6.42 Å². The third kappa shape index (κ3) is 10.6. The Morgan fingerprint density at radius 3 is 2.31 bits per heavy atom. The Morgan fingerprint density at radius 2 is 2.00 bits per heavy atom. The number of allylic oxidation sites excluding steroid dienone is 1. The van der Waals surface area contributed by atoms with Gasteiger partial charge in [0.25, 0.3) is 10.1 Å².